The molecular formula is C16H20N6O4. The Morgan fingerprint density at radius 2 is 2.04 bits per heavy atom. The number of hydrogen-bond donors (Lipinski definition) is 0. The Morgan fingerprint density at radius 3 is 2.69 bits per heavy atom. The van der Waals surface area contributed by atoms with Crippen molar-refractivity contribution in [2.24, 2.45) is 5.92 Å². The van der Waals surface area contributed by atoms with Crippen LogP contribution in [0.5, 0.6) is 0 Å². The van der Waals surface area contributed by atoms with Crippen molar-refractivity contribution >= 4 is 17.1 Å². The second-order valence-corrected chi connectivity index (χ2v) is 6.77. The fourth-order valence-electron chi connectivity index (χ4n) is 3.39. The number of nitro benzene ring substituents is 2. The van der Waals surface area contributed by atoms with Crippen LogP contribution in [0, 0.1) is 26.1 Å². The summed E-state index contributed by atoms with van der Waals surface area (Å²) in [5.41, 5.74) is -0.178. The summed E-state index contributed by atoms with van der Waals surface area (Å²) in [5.74, 6) is 1.18. The van der Waals surface area contributed by atoms with Gasteiger partial charge in [-0.15, -0.1) is 10.2 Å². The van der Waals surface area contributed by atoms with Crippen LogP contribution in [0.2, 0.25) is 0 Å². The van der Waals surface area contributed by atoms with Crippen molar-refractivity contribution in [3.8, 4) is 0 Å². The van der Waals surface area contributed by atoms with Crippen LogP contribution in [-0.2, 0) is 6.54 Å². The molecule has 138 valence electrons. The number of nitro groups is 2. The molecule has 1 aromatic heterocycles. The topological polar surface area (TPSA) is 120 Å². The summed E-state index contributed by atoms with van der Waals surface area (Å²) in [5, 5.41) is 30.7. The highest BCUT2D eigenvalue weighted by Gasteiger charge is 2.34. The minimum atomic E-state index is -0.627. The van der Waals surface area contributed by atoms with Crippen molar-refractivity contribution in [3.05, 3.63) is 50.6 Å². The Balaban J connectivity index is 2.00. The lowest BCUT2D eigenvalue weighted by Crippen LogP contribution is -2.26. The van der Waals surface area contributed by atoms with Crippen LogP contribution >= 0.6 is 0 Å². The summed E-state index contributed by atoms with van der Waals surface area (Å²) in [7, 11) is 0. The van der Waals surface area contributed by atoms with E-state index in [-0.39, 0.29) is 17.4 Å². The molecule has 1 fully saturated rings. The van der Waals surface area contributed by atoms with Crippen molar-refractivity contribution in [3.63, 3.8) is 0 Å². The molecule has 0 saturated carbocycles. The average molecular weight is 360 g/mol. The molecule has 1 aliphatic rings. The number of hydrogen-bond acceptors (Lipinski definition) is 7. The Morgan fingerprint density at radius 1 is 1.27 bits per heavy atom. The lowest BCUT2D eigenvalue weighted by Gasteiger charge is -2.26. The molecule has 1 saturated heterocycles. The number of nitrogens with zero attached hydrogens (tertiary/aromatic N) is 6. The van der Waals surface area contributed by atoms with E-state index >= 15 is 0 Å². The molecule has 26 heavy (non-hydrogen) atoms. The van der Waals surface area contributed by atoms with Gasteiger partial charge >= 0.3 is 0 Å². The summed E-state index contributed by atoms with van der Waals surface area (Å²) in [6, 6.07) is 3.63. The maximum Gasteiger partial charge on any atom is 0.299 e. The van der Waals surface area contributed by atoms with Crippen LogP contribution in [-0.4, -0.2) is 31.2 Å². The van der Waals surface area contributed by atoms with Crippen LogP contribution in [0.1, 0.15) is 38.6 Å². The molecule has 0 aliphatic carbocycles. The Bertz CT molecular complexity index is 834. The van der Waals surface area contributed by atoms with Gasteiger partial charge in [-0.1, -0.05) is 13.8 Å². The maximum absolute atomic E-state index is 11.5. The molecular weight excluding hydrogens is 340 g/mol. The molecule has 2 aromatic rings. The maximum atomic E-state index is 11.5. The highest BCUT2D eigenvalue weighted by atomic mass is 16.6. The molecule has 10 nitrogen and oxygen atoms in total. The van der Waals surface area contributed by atoms with Gasteiger partial charge in [-0.25, -0.2) is 0 Å². The Hall–Kier alpha value is -3.04. The largest absolute Gasteiger partial charge is 0.356 e. The molecule has 3 rings (SSSR count). The van der Waals surface area contributed by atoms with Crippen molar-refractivity contribution in [1.82, 2.24) is 14.8 Å². The van der Waals surface area contributed by atoms with E-state index < -0.39 is 9.85 Å². The molecule has 0 radical (unpaired) electrons. The first-order valence-electron chi connectivity index (χ1n) is 8.45. The molecule has 0 bridgehead atoms. The van der Waals surface area contributed by atoms with E-state index in [9.17, 15) is 20.2 Å². The molecule has 0 amide bonds. The predicted octanol–water partition coefficient (Wildman–Crippen LogP) is 3.09. The van der Waals surface area contributed by atoms with Gasteiger partial charge in [-0.05, 0) is 24.8 Å². The number of non-ortho nitro benzene ring substituents is 1. The minimum Gasteiger partial charge on any atom is -0.356 e. The van der Waals surface area contributed by atoms with E-state index in [2.05, 4.69) is 24.0 Å². The highest BCUT2D eigenvalue weighted by Crippen LogP contribution is 2.41. The second-order valence-electron chi connectivity index (χ2n) is 6.77. The van der Waals surface area contributed by atoms with E-state index in [4.69, 9.17) is 0 Å². The number of aromatic nitrogens is 3. The summed E-state index contributed by atoms with van der Waals surface area (Å²) in [4.78, 5) is 23.1. The zero-order valence-electron chi connectivity index (χ0n) is 14.6. The number of anilines is 1. The fourth-order valence-corrected chi connectivity index (χ4v) is 3.39. The Kier molecular flexibility index (Phi) is 4.83. The van der Waals surface area contributed by atoms with E-state index in [0.29, 0.717) is 18.2 Å². The van der Waals surface area contributed by atoms with Gasteiger partial charge < -0.3 is 9.47 Å². The zero-order chi connectivity index (χ0) is 18.8. The third kappa shape index (κ3) is 3.35. The van der Waals surface area contributed by atoms with E-state index in [1.54, 1.807) is 6.33 Å². The second kappa shape index (κ2) is 7.06. The zero-order valence-corrected chi connectivity index (χ0v) is 14.6. The molecule has 1 aliphatic heterocycles. The van der Waals surface area contributed by atoms with Gasteiger partial charge in [0, 0.05) is 19.2 Å². The Labute approximate surface area is 149 Å². The first kappa shape index (κ1) is 17.8. The van der Waals surface area contributed by atoms with Gasteiger partial charge in [-0.2, -0.15) is 0 Å². The van der Waals surface area contributed by atoms with Crippen LogP contribution in [0.25, 0.3) is 0 Å². The van der Waals surface area contributed by atoms with Crippen LogP contribution in [0.15, 0.2) is 24.5 Å². The lowest BCUT2D eigenvalue weighted by atomic mass is 10.1. The number of benzene rings is 1. The van der Waals surface area contributed by atoms with Crippen molar-refractivity contribution in [1.29, 1.82) is 0 Å². The average Bonchev–Trinajstić information content (AvgIpc) is 3.22. The molecule has 1 atom stereocenters. The van der Waals surface area contributed by atoms with Gasteiger partial charge in [0.05, 0.1) is 22.0 Å². The molecule has 1 unspecified atom stereocenters. The third-order valence-corrected chi connectivity index (χ3v) is 4.43. The fraction of sp³-hybridized carbons (Fsp3) is 0.500. The predicted molar refractivity (Wildman–Crippen MR) is 93.9 cm³/mol. The summed E-state index contributed by atoms with van der Waals surface area (Å²) >= 11 is 0. The van der Waals surface area contributed by atoms with Crippen molar-refractivity contribution in [2.45, 2.75) is 39.3 Å². The standard InChI is InChI=1S/C16H20N6O4/c1-11(2)9-19-10-17-18-16(19)14-4-3-7-20(14)13-6-5-12(21(23)24)8-15(13)22(25)26/h5-6,8,10-11,14H,3-4,7,9H2,1-2H3. The number of rotatable bonds is 6. The van der Waals surface area contributed by atoms with Crippen LogP contribution in [0.3, 0.4) is 0 Å². The summed E-state index contributed by atoms with van der Waals surface area (Å²) in [6.07, 6.45) is 3.33. The molecule has 10 heteroatoms. The van der Waals surface area contributed by atoms with Crippen molar-refractivity contribution in [2.75, 3.05) is 11.4 Å². The monoisotopic (exact) mass is 360 g/mol. The highest BCUT2D eigenvalue weighted by molar-refractivity contribution is 5.67. The molecule has 2 heterocycles. The SMILES string of the molecule is CC(C)Cn1cnnc1C1CCCN1c1ccc([N+](=O)[O-])cc1[N+](=O)[O-]. The van der Waals surface area contributed by atoms with Gasteiger partial charge in [0.2, 0.25) is 0 Å². The van der Waals surface area contributed by atoms with Gasteiger partial charge in [0.1, 0.15) is 12.0 Å². The third-order valence-electron chi connectivity index (χ3n) is 4.43. The quantitative estimate of drug-likeness (QED) is 0.573. The van der Waals surface area contributed by atoms with Gasteiger partial charge in [0.15, 0.2) is 5.82 Å². The lowest BCUT2D eigenvalue weighted by molar-refractivity contribution is -0.393. The molecule has 0 spiro atoms. The first-order valence-corrected chi connectivity index (χ1v) is 8.45. The first-order chi connectivity index (χ1) is 12.4. The van der Waals surface area contributed by atoms with E-state index in [1.165, 1.54) is 12.1 Å². The smallest absolute Gasteiger partial charge is 0.299 e. The summed E-state index contributed by atoms with van der Waals surface area (Å²) in [6.45, 7) is 5.57. The molecule has 1 aromatic carbocycles. The molecule has 0 N–H and O–H groups in total. The summed E-state index contributed by atoms with van der Waals surface area (Å²) < 4.78 is 1.98. The van der Waals surface area contributed by atoms with E-state index in [1.807, 2.05) is 9.47 Å². The van der Waals surface area contributed by atoms with Gasteiger partial charge in [-0.3, -0.25) is 20.2 Å². The minimum absolute atomic E-state index is 0.142. The van der Waals surface area contributed by atoms with Crippen LogP contribution < -0.4 is 4.90 Å². The van der Waals surface area contributed by atoms with Crippen LogP contribution in [0.4, 0.5) is 17.1 Å². The van der Waals surface area contributed by atoms with E-state index in [0.717, 1.165) is 31.3 Å². The normalized spacial score (nSPS) is 17.0. The van der Waals surface area contributed by atoms with Crippen molar-refractivity contribution < 1.29 is 9.85 Å². The van der Waals surface area contributed by atoms with Gasteiger partial charge in [0.25, 0.3) is 11.4 Å².